The fourth-order valence-electron chi connectivity index (χ4n) is 4.35. The van der Waals surface area contributed by atoms with Crippen molar-refractivity contribution in [3.05, 3.63) is 60.2 Å². The first-order valence-electron chi connectivity index (χ1n) is 10.5. The molecule has 2 aromatic carbocycles. The molecule has 2 aliphatic heterocycles. The predicted molar refractivity (Wildman–Crippen MR) is 119 cm³/mol. The van der Waals surface area contributed by atoms with Crippen molar-refractivity contribution in [3.8, 4) is 5.75 Å². The van der Waals surface area contributed by atoms with Crippen LogP contribution < -0.4 is 14.4 Å². The number of benzene rings is 2. The van der Waals surface area contributed by atoms with E-state index in [9.17, 15) is 13.2 Å². The highest BCUT2D eigenvalue weighted by molar-refractivity contribution is 7.92. The first kappa shape index (κ1) is 21.6. The lowest BCUT2D eigenvalue weighted by molar-refractivity contribution is -0.128. The fraction of sp³-hybridized carbons (Fsp3) is 0.435. The number of rotatable bonds is 5. The van der Waals surface area contributed by atoms with E-state index in [0.717, 1.165) is 12.8 Å². The van der Waals surface area contributed by atoms with Crippen LogP contribution in [0.2, 0.25) is 0 Å². The molecule has 0 unspecified atom stereocenters. The van der Waals surface area contributed by atoms with Crippen LogP contribution in [0.3, 0.4) is 0 Å². The van der Waals surface area contributed by atoms with Crippen LogP contribution in [-0.2, 0) is 25.0 Å². The van der Waals surface area contributed by atoms with Gasteiger partial charge in [-0.3, -0.25) is 9.10 Å². The normalized spacial score (nSPS) is 20.8. The number of fused-ring (bicyclic) bond motifs is 1. The van der Waals surface area contributed by atoms with Gasteiger partial charge in [-0.15, -0.1) is 0 Å². The maximum absolute atomic E-state index is 13.1. The zero-order valence-electron chi connectivity index (χ0n) is 17.6. The number of anilines is 1. The first-order chi connectivity index (χ1) is 14.9. The van der Waals surface area contributed by atoms with Crippen LogP contribution in [0.4, 0.5) is 5.69 Å². The molecule has 1 fully saturated rings. The van der Waals surface area contributed by atoms with Gasteiger partial charge in [0.1, 0.15) is 5.75 Å². The Morgan fingerprint density at radius 1 is 1.10 bits per heavy atom. The highest BCUT2D eigenvalue weighted by Crippen LogP contribution is 2.35. The predicted octanol–water partition coefficient (Wildman–Crippen LogP) is 2.47. The van der Waals surface area contributed by atoms with Crippen molar-refractivity contribution in [2.24, 2.45) is 0 Å². The summed E-state index contributed by atoms with van der Waals surface area (Å²) in [5, 5.41) is 3.09. The third kappa shape index (κ3) is 4.70. The minimum Gasteiger partial charge on any atom is -0.478 e. The maximum atomic E-state index is 13.1. The molecule has 0 bridgehead atoms. The number of sulfonamides is 1. The summed E-state index contributed by atoms with van der Waals surface area (Å²) >= 11 is 0. The highest BCUT2D eigenvalue weighted by atomic mass is 32.2. The van der Waals surface area contributed by atoms with Crippen molar-refractivity contribution in [3.63, 3.8) is 0 Å². The summed E-state index contributed by atoms with van der Waals surface area (Å²) in [6.07, 6.45) is 2.33. The summed E-state index contributed by atoms with van der Waals surface area (Å²) in [5.41, 5.74) is 1.47. The van der Waals surface area contributed by atoms with Crippen molar-refractivity contribution in [1.82, 2.24) is 5.32 Å². The van der Waals surface area contributed by atoms with Crippen LogP contribution >= 0.6 is 0 Å². The summed E-state index contributed by atoms with van der Waals surface area (Å²) in [6, 6.07) is 17.1. The van der Waals surface area contributed by atoms with E-state index in [4.69, 9.17) is 9.47 Å². The van der Waals surface area contributed by atoms with E-state index < -0.39 is 16.1 Å². The van der Waals surface area contributed by atoms with E-state index in [-0.39, 0.29) is 24.3 Å². The molecule has 1 atom stereocenters. The molecule has 0 radical (unpaired) electrons. The fourth-order valence-corrected chi connectivity index (χ4v) is 5.30. The third-order valence-electron chi connectivity index (χ3n) is 6.13. The molecule has 8 heteroatoms. The Hall–Kier alpha value is -2.58. The van der Waals surface area contributed by atoms with Gasteiger partial charge in [-0.1, -0.05) is 42.5 Å². The van der Waals surface area contributed by atoms with Gasteiger partial charge in [-0.2, -0.15) is 0 Å². The zero-order chi connectivity index (χ0) is 21.9. The summed E-state index contributed by atoms with van der Waals surface area (Å²) in [5.74, 6) is 0.168. The van der Waals surface area contributed by atoms with Crippen molar-refractivity contribution < 1.29 is 22.7 Å². The second kappa shape index (κ2) is 8.88. The van der Waals surface area contributed by atoms with Gasteiger partial charge < -0.3 is 14.8 Å². The smallest absolute Gasteiger partial charge is 0.261 e. The Labute approximate surface area is 183 Å². The van der Waals surface area contributed by atoms with E-state index >= 15 is 0 Å². The molecule has 0 aromatic heterocycles. The SMILES string of the molecule is CS(=O)(=O)N1CC[C@H](C(=O)NCC2(c3ccccc3)CCOCC2)Oc2ccccc21. The molecule has 0 saturated carbocycles. The lowest BCUT2D eigenvalue weighted by atomic mass is 9.74. The standard InChI is InChI=1S/C23H28N2O5S/c1-31(27,28)25-14-11-21(30-20-10-6-5-9-19(20)25)22(26)24-17-23(12-15-29-16-13-23)18-7-3-2-4-8-18/h2-10,21H,11-17H2,1H3,(H,24,26)/t21-/m1/s1. The highest BCUT2D eigenvalue weighted by Gasteiger charge is 2.36. The van der Waals surface area contributed by atoms with Crippen molar-refractivity contribution in [1.29, 1.82) is 0 Å². The molecule has 0 spiro atoms. The van der Waals surface area contributed by atoms with Crippen LogP contribution in [0, 0.1) is 0 Å². The molecule has 0 aliphatic carbocycles. The Kier molecular flexibility index (Phi) is 6.20. The molecule has 1 amide bonds. The van der Waals surface area contributed by atoms with Crippen LogP contribution in [0.1, 0.15) is 24.8 Å². The number of nitrogens with zero attached hydrogens (tertiary/aromatic N) is 1. The van der Waals surface area contributed by atoms with Crippen LogP contribution in [0.25, 0.3) is 0 Å². The van der Waals surface area contributed by atoms with Gasteiger partial charge in [0.15, 0.2) is 6.10 Å². The first-order valence-corrected chi connectivity index (χ1v) is 12.4. The van der Waals surface area contributed by atoms with Gasteiger partial charge in [-0.25, -0.2) is 8.42 Å². The van der Waals surface area contributed by atoms with Crippen LogP contribution in [-0.4, -0.2) is 53.0 Å². The number of carbonyl (C=O) groups excluding carboxylic acids is 1. The lowest BCUT2D eigenvalue weighted by Gasteiger charge is -2.38. The number of nitrogens with one attached hydrogen (secondary N) is 1. The van der Waals surface area contributed by atoms with Crippen LogP contribution in [0.15, 0.2) is 54.6 Å². The third-order valence-corrected chi connectivity index (χ3v) is 7.31. The van der Waals surface area contributed by atoms with Gasteiger partial charge in [0.2, 0.25) is 10.0 Å². The Morgan fingerprint density at radius 2 is 1.77 bits per heavy atom. The molecule has 1 N–H and O–H groups in total. The molecule has 7 nitrogen and oxygen atoms in total. The molecule has 31 heavy (non-hydrogen) atoms. The number of carbonyl (C=O) groups is 1. The molecule has 2 heterocycles. The molecule has 2 aromatic rings. The van der Waals surface area contributed by atoms with Gasteiger partial charge in [0, 0.05) is 38.1 Å². The lowest BCUT2D eigenvalue weighted by Crippen LogP contribution is -2.48. The molecular formula is C23H28N2O5S. The molecule has 2 aliphatic rings. The largest absolute Gasteiger partial charge is 0.478 e. The Morgan fingerprint density at radius 3 is 2.48 bits per heavy atom. The van der Waals surface area contributed by atoms with Gasteiger partial charge in [-0.05, 0) is 30.5 Å². The Bertz CT molecular complexity index is 1020. The van der Waals surface area contributed by atoms with Gasteiger partial charge in [0.25, 0.3) is 5.91 Å². The molecular weight excluding hydrogens is 416 g/mol. The average molecular weight is 445 g/mol. The number of hydrogen-bond donors (Lipinski definition) is 1. The monoisotopic (exact) mass is 444 g/mol. The van der Waals surface area contributed by atoms with E-state index in [0.29, 0.717) is 31.2 Å². The number of ether oxygens (including phenoxy) is 2. The average Bonchev–Trinajstić information content (AvgIpc) is 2.98. The quantitative estimate of drug-likeness (QED) is 0.766. The minimum absolute atomic E-state index is 0.184. The van der Waals surface area contributed by atoms with Crippen molar-refractivity contribution in [2.75, 3.05) is 36.9 Å². The summed E-state index contributed by atoms with van der Waals surface area (Å²) in [7, 11) is -3.48. The van der Waals surface area contributed by atoms with E-state index in [1.807, 2.05) is 18.2 Å². The van der Waals surface area contributed by atoms with Crippen LogP contribution in [0.5, 0.6) is 5.75 Å². The molecule has 166 valence electrons. The van der Waals surface area contributed by atoms with E-state index in [1.54, 1.807) is 24.3 Å². The van der Waals surface area contributed by atoms with Gasteiger partial charge >= 0.3 is 0 Å². The number of amides is 1. The number of para-hydroxylation sites is 2. The second-order valence-electron chi connectivity index (χ2n) is 8.17. The molecule has 1 saturated heterocycles. The van der Waals surface area contributed by atoms with E-state index in [1.165, 1.54) is 16.1 Å². The van der Waals surface area contributed by atoms with Gasteiger partial charge in [0.05, 0.1) is 11.9 Å². The van der Waals surface area contributed by atoms with E-state index in [2.05, 4.69) is 17.4 Å². The topological polar surface area (TPSA) is 84.9 Å². The Balaban J connectivity index is 1.51. The van der Waals surface area contributed by atoms with Crippen molar-refractivity contribution >= 4 is 21.6 Å². The van der Waals surface area contributed by atoms with Crippen molar-refractivity contribution in [2.45, 2.75) is 30.8 Å². The zero-order valence-corrected chi connectivity index (χ0v) is 18.4. The number of hydrogen-bond acceptors (Lipinski definition) is 5. The maximum Gasteiger partial charge on any atom is 0.261 e. The summed E-state index contributed by atoms with van der Waals surface area (Å²) < 4.78 is 37.4. The molecule has 4 rings (SSSR count). The summed E-state index contributed by atoms with van der Waals surface area (Å²) in [6.45, 7) is 1.98. The minimum atomic E-state index is -3.48. The second-order valence-corrected chi connectivity index (χ2v) is 10.1. The summed E-state index contributed by atoms with van der Waals surface area (Å²) in [4.78, 5) is 13.1.